The van der Waals surface area contributed by atoms with E-state index in [2.05, 4.69) is 5.32 Å². The van der Waals surface area contributed by atoms with E-state index >= 15 is 0 Å². The molecule has 0 aliphatic carbocycles. The average Bonchev–Trinajstić information content (AvgIpc) is 2.47. The van der Waals surface area contributed by atoms with Gasteiger partial charge < -0.3 is 14.8 Å². The molecule has 2 rings (SSSR count). The lowest BCUT2D eigenvalue weighted by Crippen LogP contribution is -2.51. The number of halogens is 3. The number of carbonyl (C=O) groups is 2. The number of carbonyl (C=O) groups excluding carboxylic acids is 2. The highest BCUT2D eigenvalue weighted by Crippen LogP contribution is 2.38. The molecule has 0 aromatic heterocycles. The number of fused-ring (bicyclic) bond motifs is 1. The Labute approximate surface area is 147 Å². The summed E-state index contributed by atoms with van der Waals surface area (Å²) in [7, 11) is 1.50. The number of methoxy groups -OCH3 is 1. The quantitative estimate of drug-likeness (QED) is 0.637. The Morgan fingerprint density at radius 2 is 2.13 bits per heavy atom. The van der Waals surface area contributed by atoms with Crippen LogP contribution in [0.3, 0.4) is 0 Å². The van der Waals surface area contributed by atoms with E-state index in [1.54, 1.807) is 18.2 Å². The molecule has 1 atom stereocenters. The Kier molecular flexibility index (Phi) is 5.46. The molecule has 0 saturated heterocycles. The summed E-state index contributed by atoms with van der Waals surface area (Å²) in [4.78, 5) is 28.7. The van der Waals surface area contributed by atoms with E-state index in [0.29, 0.717) is 17.2 Å². The molecule has 23 heavy (non-hydrogen) atoms. The fraction of sp³-hybridized carbons (Fsp3) is 0.385. The number of hydrogen-bond acceptors (Lipinski definition) is 5. The average molecular weight is 384 g/mol. The molecule has 1 aliphatic rings. The maximum atomic E-state index is 12.1. The van der Waals surface area contributed by atoms with Gasteiger partial charge in [-0.05, 0) is 12.1 Å². The van der Waals surface area contributed by atoms with Gasteiger partial charge in [0.15, 0.2) is 6.61 Å². The van der Waals surface area contributed by atoms with E-state index in [0.717, 1.165) is 5.06 Å². The van der Waals surface area contributed by atoms with Crippen LogP contribution < -0.4 is 19.9 Å². The Morgan fingerprint density at radius 3 is 2.70 bits per heavy atom. The van der Waals surface area contributed by atoms with Gasteiger partial charge in [0.05, 0.1) is 7.11 Å². The number of hydrogen-bond donors (Lipinski definition) is 1. The van der Waals surface area contributed by atoms with Crippen molar-refractivity contribution in [2.24, 2.45) is 0 Å². The molecule has 1 aromatic carbocycles. The summed E-state index contributed by atoms with van der Waals surface area (Å²) in [6.07, 6.45) is -1.37. The number of nitrogens with one attached hydrogen (secondary N) is 1. The van der Waals surface area contributed by atoms with Crippen molar-refractivity contribution >= 4 is 52.3 Å². The Morgan fingerprint density at radius 1 is 1.43 bits per heavy atom. The zero-order valence-corrected chi connectivity index (χ0v) is 14.4. The van der Waals surface area contributed by atoms with Gasteiger partial charge in [0.2, 0.25) is 15.9 Å². The van der Waals surface area contributed by atoms with Crippen LogP contribution >= 0.6 is 34.8 Å². The maximum Gasteiger partial charge on any atom is 0.288 e. The van der Waals surface area contributed by atoms with Crippen molar-refractivity contribution in [2.45, 2.75) is 16.9 Å². The topological polar surface area (TPSA) is 77.1 Å². The summed E-state index contributed by atoms with van der Waals surface area (Å²) >= 11 is 17.4. The van der Waals surface area contributed by atoms with Gasteiger partial charge in [0, 0.05) is 13.0 Å². The number of hydroxylamine groups is 1. The molecule has 1 heterocycles. The van der Waals surface area contributed by atoms with E-state index in [1.807, 2.05) is 0 Å². The summed E-state index contributed by atoms with van der Waals surface area (Å²) in [5.41, 5.74) is 0.298. The summed E-state index contributed by atoms with van der Waals surface area (Å²) in [6.45, 7) is 0.958. The van der Waals surface area contributed by atoms with Gasteiger partial charge in [-0.15, -0.1) is 0 Å². The molecule has 1 N–H and O–H groups in total. The van der Waals surface area contributed by atoms with Gasteiger partial charge in [-0.1, -0.05) is 34.8 Å². The lowest BCUT2D eigenvalue weighted by molar-refractivity contribution is -0.136. The maximum absolute atomic E-state index is 12.1. The molecular weight excluding hydrogens is 371 g/mol. The van der Waals surface area contributed by atoms with Crippen LogP contribution in [0.15, 0.2) is 18.2 Å². The normalized spacial score (nSPS) is 15.5. The smallest absolute Gasteiger partial charge is 0.288 e. The molecular formula is C13H13Cl3N2O5. The minimum Gasteiger partial charge on any atom is -0.497 e. The van der Waals surface area contributed by atoms with E-state index in [4.69, 9.17) is 49.1 Å². The minimum absolute atomic E-state index is 0.271. The predicted molar refractivity (Wildman–Crippen MR) is 85.0 cm³/mol. The number of alkyl halides is 3. The number of rotatable bonds is 4. The molecule has 1 aromatic rings. The molecule has 126 valence electrons. The van der Waals surface area contributed by atoms with Crippen LogP contribution in [0.2, 0.25) is 0 Å². The summed E-state index contributed by atoms with van der Waals surface area (Å²) in [5.74, 6) is -0.114. The first-order valence-electron chi connectivity index (χ1n) is 6.36. The second-order valence-corrected chi connectivity index (χ2v) is 6.91. The van der Waals surface area contributed by atoms with Crippen LogP contribution in [0.5, 0.6) is 11.5 Å². The van der Waals surface area contributed by atoms with Gasteiger partial charge >= 0.3 is 0 Å². The van der Waals surface area contributed by atoms with Gasteiger partial charge in [0.25, 0.3) is 5.91 Å². The van der Waals surface area contributed by atoms with Crippen LogP contribution in [-0.2, 0) is 14.4 Å². The third-order valence-corrected chi connectivity index (χ3v) is 3.40. The summed E-state index contributed by atoms with van der Waals surface area (Å²) < 4.78 is 8.42. The van der Waals surface area contributed by atoms with Gasteiger partial charge in [0.1, 0.15) is 17.2 Å². The number of benzene rings is 1. The number of ether oxygens (including phenoxy) is 2. The standard InChI is InChI=1S/C13H13Cl3N2O5/c1-7(19)17-12(13(14,15)16)23-18-9-4-3-8(21-2)5-10(9)22-6-11(18)20/h3-5,12H,6H2,1-2H3,(H,17,19)/t12-/m0/s1. The first-order valence-corrected chi connectivity index (χ1v) is 7.50. The van der Waals surface area contributed by atoms with E-state index < -0.39 is 21.8 Å². The highest BCUT2D eigenvalue weighted by atomic mass is 35.6. The van der Waals surface area contributed by atoms with Crippen molar-refractivity contribution in [3.63, 3.8) is 0 Å². The van der Waals surface area contributed by atoms with Crippen LogP contribution in [0.25, 0.3) is 0 Å². The molecule has 2 amide bonds. The Hall–Kier alpha value is -1.41. The molecule has 1 aliphatic heterocycles. The van der Waals surface area contributed by atoms with Gasteiger partial charge in [-0.3, -0.25) is 9.59 Å². The van der Waals surface area contributed by atoms with E-state index in [1.165, 1.54) is 14.0 Å². The van der Waals surface area contributed by atoms with Gasteiger partial charge in [-0.2, -0.15) is 5.06 Å². The third kappa shape index (κ3) is 4.32. The Bertz CT molecular complexity index is 620. The van der Waals surface area contributed by atoms with Crippen LogP contribution in [0, 0.1) is 0 Å². The summed E-state index contributed by atoms with van der Waals surface area (Å²) in [5, 5.41) is 3.24. The van der Waals surface area contributed by atoms with Crippen molar-refractivity contribution in [3.8, 4) is 11.5 Å². The first kappa shape index (κ1) is 17.9. The largest absolute Gasteiger partial charge is 0.497 e. The Balaban J connectivity index is 2.31. The molecule has 0 unspecified atom stereocenters. The number of nitrogens with zero attached hydrogens (tertiary/aromatic N) is 1. The zero-order chi connectivity index (χ0) is 17.2. The van der Waals surface area contributed by atoms with E-state index in [-0.39, 0.29) is 6.61 Å². The van der Waals surface area contributed by atoms with E-state index in [9.17, 15) is 9.59 Å². The molecule has 0 fully saturated rings. The fourth-order valence-electron chi connectivity index (χ4n) is 1.81. The van der Waals surface area contributed by atoms with Crippen LogP contribution in [-0.4, -0.2) is 35.6 Å². The first-order chi connectivity index (χ1) is 10.7. The molecule has 0 radical (unpaired) electrons. The highest BCUT2D eigenvalue weighted by Gasteiger charge is 2.39. The van der Waals surface area contributed by atoms with Crippen molar-refractivity contribution < 1.29 is 23.9 Å². The van der Waals surface area contributed by atoms with Crippen molar-refractivity contribution in [1.82, 2.24) is 5.32 Å². The van der Waals surface area contributed by atoms with Crippen molar-refractivity contribution in [1.29, 1.82) is 0 Å². The number of amides is 2. The molecule has 10 heteroatoms. The lowest BCUT2D eigenvalue weighted by Gasteiger charge is -2.33. The molecule has 7 nitrogen and oxygen atoms in total. The molecule has 0 saturated carbocycles. The van der Waals surface area contributed by atoms with Crippen LogP contribution in [0.1, 0.15) is 6.92 Å². The minimum atomic E-state index is -1.99. The van der Waals surface area contributed by atoms with Crippen molar-refractivity contribution in [2.75, 3.05) is 18.8 Å². The SMILES string of the molecule is COc1ccc2c(c1)OCC(=O)N2O[C@H](NC(C)=O)C(Cl)(Cl)Cl. The predicted octanol–water partition coefficient (Wildman–Crippen LogP) is 2.18. The van der Waals surface area contributed by atoms with Crippen LogP contribution in [0.4, 0.5) is 5.69 Å². The molecule has 0 spiro atoms. The highest BCUT2D eigenvalue weighted by molar-refractivity contribution is 6.68. The third-order valence-electron chi connectivity index (χ3n) is 2.81. The number of anilines is 1. The fourth-order valence-corrected chi connectivity index (χ4v) is 2.09. The second kappa shape index (κ2) is 7.00. The second-order valence-electron chi connectivity index (χ2n) is 4.54. The van der Waals surface area contributed by atoms with Crippen molar-refractivity contribution in [3.05, 3.63) is 18.2 Å². The lowest BCUT2D eigenvalue weighted by atomic mass is 10.2. The zero-order valence-electron chi connectivity index (χ0n) is 12.1. The monoisotopic (exact) mass is 382 g/mol. The molecule has 0 bridgehead atoms. The summed E-state index contributed by atoms with van der Waals surface area (Å²) in [6, 6.07) is 4.75. The van der Waals surface area contributed by atoms with Gasteiger partial charge in [-0.25, -0.2) is 4.84 Å².